The summed E-state index contributed by atoms with van der Waals surface area (Å²) in [4.78, 5) is 12.1. The monoisotopic (exact) mass is 362 g/mol. The zero-order chi connectivity index (χ0) is 18.4. The lowest BCUT2D eigenvalue weighted by Crippen LogP contribution is -2.31. The number of methoxy groups -OCH3 is 1. The van der Waals surface area contributed by atoms with Gasteiger partial charge in [-0.3, -0.25) is 9.52 Å². The first kappa shape index (κ1) is 18.8. The number of sulfonamides is 1. The average molecular weight is 362 g/mol. The first-order chi connectivity index (χ1) is 11.9. The molecule has 0 spiro atoms. The van der Waals surface area contributed by atoms with Crippen molar-refractivity contribution < 1.29 is 17.9 Å². The van der Waals surface area contributed by atoms with Gasteiger partial charge in [0.15, 0.2) is 0 Å². The van der Waals surface area contributed by atoms with Crippen molar-refractivity contribution in [3.8, 4) is 5.75 Å². The molecule has 2 rings (SSSR count). The van der Waals surface area contributed by atoms with E-state index in [1.165, 1.54) is 31.4 Å². The van der Waals surface area contributed by atoms with Gasteiger partial charge in [-0.1, -0.05) is 6.92 Å². The molecule has 0 bridgehead atoms. The van der Waals surface area contributed by atoms with E-state index in [0.29, 0.717) is 17.0 Å². The highest BCUT2D eigenvalue weighted by Gasteiger charge is 2.16. The van der Waals surface area contributed by atoms with Crippen LogP contribution in [0.2, 0.25) is 0 Å². The number of amides is 1. The molecule has 0 saturated carbocycles. The number of nitrogens with one attached hydrogen (secondary N) is 2. The van der Waals surface area contributed by atoms with E-state index in [0.717, 1.165) is 6.42 Å². The minimum absolute atomic E-state index is 0.0626. The normalized spacial score (nSPS) is 12.3. The minimum atomic E-state index is -3.73. The molecule has 0 saturated heterocycles. The number of anilines is 1. The van der Waals surface area contributed by atoms with E-state index in [1.807, 2.05) is 13.8 Å². The van der Waals surface area contributed by atoms with Gasteiger partial charge >= 0.3 is 0 Å². The Hall–Kier alpha value is -2.54. The maximum atomic E-state index is 12.4. The van der Waals surface area contributed by atoms with Gasteiger partial charge in [-0.05, 0) is 61.9 Å². The van der Waals surface area contributed by atoms with E-state index >= 15 is 0 Å². The molecule has 2 aromatic rings. The maximum absolute atomic E-state index is 12.4. The van der Waals surface area contributed by atoms with Crippen LogP contribution in [-0.4, -0.2) is 27.5 Å². The second-order valence-corrected chi connectivity index (χ2v) is 7.32. The van der Waals surface area contributed by atoms with Crippen LogP contribution in [0.15, 0.2) is 53.4 Å². The Morgan fingerprint density at radius 3 is 2.20 bits per heavy atom. The van der Waals surface area contributed by atoms with Crippen molar-refractivity contribution in [2.45, 2.75) is 31.2 Å². The molecule has 1 atom stereocenters. The Morgan fingerprint density at radius 1 is 1.08 bits per heavy atom. The number of benzene rings is 2. The van der Waals surface area contributed by atoms with Crippen molar-refractivity contribution >= 4 is 21.6 Å². The van der Waals surface area contributed by atoms with Crippen LogP contribution in [0.5, 0.6) is 5.75 Å². The third-order valence-corrected chi connectivity index (χ3v) is 5.16. The molecular formula is C18H22N2O4S. The average Bonchev–Trinajstić information content (AvgIpc) is 2.62. The predicted octanol–water partition coefficient (Wildman–Crippen LogP) is 3.02. The number of hydrogen-bond acceptors (Lipinski definition) is 4. The largest absolute Gasteiger partial charge is 0.497 e. The highest BCUT2D eigenvalue weighted by atomic mass is 32.2. The molecule has 2 aromatic carbocycles. The predicted molar refractivity (Wildman–Crippen MR) is 97.5 cm³/mol. The Morgan fingerprint density at radius 2 is 1.68 bits per heavy atom. The molecule has 1 unspecified atom stereocenters. The van der Waals surface area contributed by atoms with Gasteiger partial charge < -0.3 is 10.1 Å². The van der Waals surface area contributed by atoms with Crippen LogP contribution in [0, 0.1) is 0 Å². The van der Waals surface area contributed by atoms with Crippen molar-refractivity contribution in [2.24, 2.45) is 0 Å². The van der Waals surface area contributed by atoms with Crippen molar-refractivity contribution in [2.75, 3.05) is 11.8 Å². The van der Waals surface area contributed by atoms with Crippen LogP contribution in [0.4, 0.5) is 5.69 Å². The number of carbonyl (C=O) groups excluding carboxylic acids is 1. The molecule has 0 aromatic heterocycles. The smallest absolute Gasteiger partial charge is 0.261 e. The van der Waals surface area contributed by atoms with E-state index in [1.54, 1.807) is 24.3 Å². The zero-order valence-electron chi connectivity index (χ0n) is 14.4. The Labute approximate surface area is 148 Å². The first-order valence-corrected chi connectivity index (χ1v) is 9.42. The lowest BCUT2D eigenvalue weighted by atomic mass is 10.2. The standard InChI is InChI=1S/C18H22N2O4S/c1-4-13(2)19-18(21)14-5-11-17(12-6-14)25(22,23)20-15-7-9-16(24-3)10-8-15/h5-13,20H,4H2,1-3H3,(H,19,21). The van der Waals surface area contributed by atoms with Crippen molar-refractivity contribution in [1.29, 1.82) is 0 Å². The topological polar surface area (TPSA) is 84.5 Å². The second-order valence-electron chi connectivity index (χ2n) is 5.64. The van der Waals surface area contributed by atoms with Gasteiger partial charge in [0.05, 0.1) is 12.0 Å². The highest BCUT2D eigenvalue weighted by molar-refractivity contribution is 7.92. The highest BCUT2D eigenvalue weighted by Crippen LogP contribution is 2.19. The number of hydrogen-bond donors (Lipinski definition) is 2. The van der Waals surface area contributed by atoms with E-state index < -0.39 is 10.0 Å². The third-order valence-electron chi connectivity index (χ3n) is 3.76. The van der Waals surface area contributed by atoms with Crippen LogP contribution in [0.1, 0.15) is 30.6 Å². The summed E-state index contributed by atoms with van der Waals surface area (Å²) in [7, 11) is -2.19. The molecule has 7 heteroatoms. The molecule has 0 aliphatic rings. The Kier molecular flexibility index (Phi) is 6.03. The molecule has 134 valence electrons. The lowest BCUT2D eigenvalue weighted by molar-refractivity contribution is 0.0939. The van der Waals surface area contributed by atoms with Crippen LogP contribution in [0.3, 0.4) is 0 Å². The molecule has 6 nitrogen and oxygen atoms in total. The summed E-state index contributed by atoms with van der Waals surface area (Å²) in [5.74, 6) is 0.418. The van der Waals surface area contributed by atoms with Crippen LogP contribution >= 0.6 is 0 Å². The fourth-order valence-corrected chi connectivity index (χ4v) is 3.13. The molecule has 0 aliphatic heterocycles. The fraction of sp³-hybridized carbons (Fsp3) is 0.278. The van der Waals surface area contributed by atoms with E-state index in [4.69, 9.17) is 4.74 Å². The van der Waals surface area contributed by atoms with Gasteiger partial charge in [-0.2, -0.15) is 0 Å². The van der Waals surface area contributed by atoms with E-state index in [2.05, 4.69) is 10.0 Å². The quantitative estimate of drug-likeness (QED) is 0.793. The van der Waals surface area contributed by atoms with E-state index in [-0.39, 0.29) is 16.8 Å². The number of ether oxygens (including phenoxy) is 1. The molecule has 1 amide bonds. The van der Waals surface area contributed by atoms with Gasteiger partial charge in [-0.15, -0.1) is 0 Å². The summed E-state index contributed by atoms with van der Waals surface area (Å²) in [5.41, 5.74) is 0.850. The summed E-state index contributed by atoms with van der Waals surface area (Å²) in [6.45, 7) is 3.89. The SMILES string of the molecule is CCC(C)NC(=O)c1ccc(S(=O)(=O)Nc2ccc(OC)cc2)cc1. The summed E-state index contributed by atoms with van der Waals surface area (Å²) < 4.78 is 32.4. The fourth-order valence-electron chi connectivity index (χ4n) is 2.07. The van der Waals surface area contributed by atoms with Gasteiger partial charge in [0.1, 0.15) is 5.75 Å². The minimum Gasteiger partial charge on any atom is -0.497 e. The summed E-state index contributed by atoms with van der Waals surface area (Å²) in [6.07, 6.45) is 0.823. The maximum Gasteiger partial charge on any atom is 0.261 e. The molecule has 2 N–H and O–H groups in total. The molecule has 0 heterocycles. The van der Waals surface area contributed by atoms with E-state index in [9.17, 15) is 13.2 Å². The molecular weight excluding hydrogens is 340 g/mol. The van der Waals surface area contributed by atoms with Gasteiger partial charge in [0.25, 0.3) is 15.9 Å². The van der Waals surface area contributed by atoms with Crippen molar-refractivity contribution in [1.82, 2.24) is 5.32 Å². The summed E-state index contributed by atoms with van der Waals surface area (Å²) >= 11 is 0. The van der Waals surface area contributed by atoms with Crippen LogP contribution in [-0.2, 0) is 10.0 Å². The number of carbonyl (C=O) groups is 1. The van der Waals surface area contributed by atoms with Crippen LogP contribution < -0.4 is 14.8 Å². The lowest BCUT2D eigenvalue weighted by Gasteiger charge is -2.12. The first-order valence-electron chi connectivity index (χ1n) is 7.93. The third kappa shape index (κ3) is 4.96. The molecule has 0 radical (unpaired) electrons. The molecule has 25 heavy (non-hydrogen) atoms. The van der Waals surface area contributed by atoms with Gasteiger partial charge in [-0.25, -0.2) is 8.42 Å². The van der Waals surface area contributed by atoms with Crippen molar-refractivity contribution in [3.05, 3.63) is 54.1 Å². The van der Waals surface area contributed by atoms with Gasteiger partial charge in [0.2, 0.25) is 0 Å². The number of rotatable bonds is 7. The second kappa shape index (κ2) is 8.02. The zero-order valence-corrected chi connectivity index (χ0v) is 15.3. The Bertz CT molecular complexity index is 815. The van der Waals surface area contributed by atoms with Crippen molar-refractivity contribution in [3.63, 3.8) is 0 Å². The van der Waals surface area contributed by atoms with Gasteiger partial charge in [0, 0.05) is 17.3 Å². The van der Waals surface area contributed by atoms with Crippen LogP contribution in [0.25, 0.3) is 0 Å². The molecule has 0 aliphatic carbocycles. The Balaban J connectivity index is 2.12. The summed E-state index contributed by atoms with van der Waals surface area (Å²) in [6, 6.07) is 12.5. The summed E-state index contributed by atoms with van der Waals surface area (Å²) in [5, 5.41) is 2.84. The molecule has 0 fully saturated rings.